The Labute approximate surface area is 167 Å². The zero-order valence-electron chi connectivity index (χ0n) is 16.6. The molecule has 2 aromatic carbocycles. The van der Waals surface area contributed by atoms with Crippen LogP contribution in [-0.4, -0.2) is 25.1 Å². The van der Waals surface area contributed by atoms with E-state index < -0.39 is 19.0 Å². The molecular formula is C22H27NO4Si. The summed E-state index contributed by atoms with van der Waals surface area (Å²) in [6, 6.07) is 15.7. The van der Waals surface area contributed by atoms with Crippen LogP contribution in [0.4, 0.5) is 5.69 Å². The van der Waals surface area contributed by atoms with Gasteiger partial charge < -0.3 is 4.74 Å². The van der Waals surface area contributed by atoms with Crippen LogP contribution in [0.2, 0.25) is 19.6 Å². The molecule has 0 aliphatic carbocycles. The van der Waals surface area contributed by atoms with Crippen molar-refractivity contribution in [1.82, 2.24) is 0 Å². The number of carbonyl (C=O) groups excluding carboxylic acids is 1. The third-order valence-corrected chi connectivity index (χ3v) is 5.37. The molecule has 0 fully saturated rings. The maximum Gasteiger partial charge on any atom is 0.338 e. The maximum atomic E-state index is 12.5. The van der Waals surface area contributed by atoms with Crippen molar-refractivity contribution in [1.29, 1.82) is 0 Å². The summed E-state index contributed by atoms with van der Waals surface area (Å²) in [5.74, 6) is -0.458. The molecule has 0 aliphatic rings. The molecule has 0 unspecified atom stereocenters. The second-order valence-electron chi connectivity index (χ2n) is 7.85. The smallest absolute Gasteiger partial charge is 0.338 e. The fourth-order valence-corrected chi connectivity index (χ4v) is 3.46. The van der Waals surface area contributed by atoms with Gasteiger partial charge in [0, 0.05) is 12.1 Å². The van der Waals surface area contributed by atoms with Crippen molar-refractivity contribution < 1.29 is 14.5 Å². The minimum atomic E-state index is -1.42. The Morgan fingerprint density at radius 3 is 2.32 bits per heavy atom. The van der Waals surface area contributed by atoms with Crippen molar-refractivity contribution >= 4 is 19.7 Å². The Hall–Kier alpha value is -2.73. The van der Waals surface area contributed by atoms with Gasteiger partial charge in [-0.15, -0.1) is 0 Å². The molecule has 0 radical (unpaired) electrons. The van der Waals surface area contributed by atoms with E-state index in [1.54, 1.807) is 0 Å². The molecule has 0 heterocycles. The van der Waals surface area contributed by atoms with Gasteiger partial charge in [-0.2, -0.15) is 0 Å². The van der Waals surface area contributed by atoms with E-state index in [2.05, 4.69) is 37.5 Å². The maximum absolute atomic E-state index is 12.5. The monoisotopic (exact) mass is 397 g/mol. The van der Waals surface area contributed by atoms with Crippen LogP contribution in [0.1, 0.15) is 28.8 Å². The fourth-order valence-electron chi connectivity index (χ4n) is 2.67. The zero-order valence-corrected chi connectivity index (χ0v) is 17.6. The zero-order chi connectivity index (χ0) is 20.6. The van der Waals surface area contributed by atoms with Gasteiger partial charge in [0.15, 0.2) is 0 Å². The van der Waals surface area contributed by atoms with Crippen molar-refractivity contribution in [2.45, 2.75) is 45.0 Å². The molecule has 0 amide bonds. The van der Waals surface area contributed by atoms with Gasteiger partial charge in [-0.1, -0.05) is 61.7 Å². The number of esters is 1. The second kappa shape index (κ2) is 9.99. The number of aryl methyl sites for hydroxylation is 1. The normalized spacial score (nSPS) is 12.7. The largest absolute Gasteiger partial charge is 0.455 e. The lowest BCUT2D eigenvalue weighted by Gasteiger charge is -2.17. The number of ether oxygens (including phenoxy) is 1. The van der Waals surface area contributed by atoms with Crippen LogP contribution in [0.5, 0.6) is 0 Å². The van der Waals surface area contributed by atoms with E-state index >= 15 is 0 Å². The SMILES string of the molecule is C[Si](C)(C)/C=C/[C@@H](CCCc1ccccc1)OC(=O)c1ccc([N+](=O)[O-])cc1. The second-order valence-corrected chi connectivity index (χ2v) is 12.9. The van der Waals surface area contributed by atoms with Crippen LogP contribution in [0.15, 0.2) is 66.4 Å². The molecule has 1 atom stereocenters. The van der Waals surface area contributed by atoms with Crippen LogP contribution in [0.25, 0.3) is 0 Å². The van der Waals surface area contributed by atoms with Gasteiger partial charge in [0.05, 0.1) is 18.6 Å². The number of nitrogens with zero attached hydrogens (tertiary/aromatic N) is 1. The Balaban J connectivity index is 2.02. The van der Waals surface area contributed by atoms with Crippen LogP contribution >= 0.6 is 0 Å². The van der Waals surface area contributed by atoms with Gasteiger partial charge >= 0.3 is 5.97 Å². The molecule has 0 aliphatic heterocycles. The van der Waals surface area contributed by atoms with Crippen LogP contribution < -0.4 is 0 Å². The minimum Gasteiger partial charge on any atom is -0.455 e. The molecule has 0 N–H and O–H groups in total. The summed E-state index contributed by atoms with van der Waals surface area (Å²) in [4.78, 5) is 22.7. The highest BCUT2D eigenvalue weighted by atomic mass is 28.3. The van der Waals surface area contributed by atoms with E-state index in [1.165, 1.54) is 29.8 Å². The van der Waals surface area contributed by atoms with Crippen molar-refractivity contribution in [3.05, 3.63) is 87.6 Å². The molecule has 0 saturated carbocycles. The highest BCUT2D eigenvalue weighted by Gasteiger charge is 2.17. The van der Waals surface area contributed by atoms with Gasteiger partial charge in [-0.3, -0.25) is 10.1 Å². The molecule has 6 heteroatoms. The highest BCUT2D eigenvalue weighted by Crippen LogP contribution is 2.16. The molecule has 148 valence electrons. The van der Waals surface area contributed by atoms with Gasteiger partial charge in [0.1, 0.15) is 6.10 Å². The summed E-state index contributed by atoms with van der Waals surface area (Å²) in [7, 11) is -1.42. The van der Waals surface area contributed by atoms with E-state index in [-0.39, 0.29) is 11.8 Å². The molecule has 0 aromatic heterocycles. The molecule has 0 spiro atoms. The minimum absolute atomic E-state index is 0.0467. The summed E-state index contributed by atoms with van der Waals surface area (Å²) in [6.45, 7) is 6.67. The van der Waals surface area contributed by atoms with Crippen molar-refractivity contribution in [3.8, 4) is 0 Å². The standard InChI is InChI=1S/C22H27NO4Si/c1-28(2,3)17-16-21(11-7-10-18-8-5-4-6-9-18)27-22(24)19-12-14-20(15-13-19)23(25)26/h4-6,8-9,12-17,21H,7,10-11H2,1-3H3/b17-16+/t21-/m1/s1. The lowest BCUT2D eigenvalue weighted by atomic mass is 10.1. The van der Waals surface area contributed by atoms with Crippen molar-refractivity contribution in [2.75, 3.05) is 0 Å². The van der Waals surface area contributed by atoms with Gasteiger partial charge in [-0.05, 0) is 37.0 Å². The van der Waals surface area contributed by atoms with Gasteiger partial charge in [0.25, 0.3) is 5.69 Å². The number of carbonyl (C=O) groups is 1. The average molecular weight is 398 g/mol. The molecule has 2 aromatic rings. The molecule has 0 saturated heterocycles. The van der Waals surface area contributed by atoms with Crippen molar-refractivity contribution in [2.24, 2.45) is 0 Å². The lowest BCUT2D eigenvalue weighted by molar-refractivity contribution is -0.384. The number of hydrogen-bond donors (Lipinski definition) is 0. The van der Waals surface area contributed by atoms with Crippen LogP contribution in [0.3, 0.4) is 0 Å². The van der Waals surface area contributed by atoms with Gasteiger partial charge in [-0.25, -0.2) is 4.79 Å². The number of non-ortho nitro benzene ring substituents is 1. The lowest BCUT2D eigenvalue weighted by Crippen LogP contribution is -2.20. The molecule has 0 bridgehead atoms. The first-order valence-electron chi connectivity index (χ1n) is 9.43. The van der Waals surface area contributed by atoms with E-state index in [9.17, 15) is 14.9 Å². The van der Waals surface area contributed by atoms with Crippen molar-refractivity contribution in [3.63, 3.8) is 0 Å². The van der Waals surface area contributed by atoms with E-state index in [4.69, 9.17) is 4.74 Å². The van der Waals surface area contributed by atoms with Crippen LogP contribution in [-0.2, 0) is 11.2 Å². The summed E-state index contributed by atoms with van der Waals surface area (Å²) in [5, 5.41) is 10.8. The first-order valence-corrected chi connectivity index (χ1v) is 13.0. The first-order chi connectivity index (χ1) is 13.2. The first kappa shape index (κ1) is 21.6. The van der Waals surface area contributed by atoms with E-state index in [0.29, 0.717) is 5.56 Å². The number of rotatable bonds is 9. The third kappa shape index (κ3) is 7.48. The topological polar surface area (TPSA) is 69.4 Å². The Bertz CT molecular complexity index is 811. The number of nitro groups is 1. The summed E-state index contributed by atoms with van der Waals surface area (Å²) in [5.41, 5.74) is 3.72. The van der Waals surface area contributed by atoms with E-state index in [0.717, 1.165) is 19.3 Å². The average Bonchev–Trinajstić information content (AvgIpc) is 2.66. The Morgan fingerprint density at radius 2 is 1.75 bits per heavy atom. The summed E-state index contributed by atoms with van der Waals surface area (Å²) < 4.78 is 5.70. The highest BCUT2D eigenvalue weighted by molar-refractivity contribution is 6.80. The Kier molecular flexibility index (Phi) is 7.69. The number of nitro benzene ring substituents is 1. The third-order valence-electron chi connectivity index (χ3n) is 4.18. The number of hydrogen-bond acceptors (Lipinski definition) is 4. The van der Waals surface area contributed by atoms with Crippen LogP contribution in [0, 0.1) is 10.1 Å². The van der Waals surface area contributed by atoms with E-state index in [1.807, 2.05) is 24.3 Å². The predicted molar refractivity (Wildman–Crippen MR) is 114 cm³/mol. The summed E-state index contributed by atoms with van der Waals surface area (Å²) >= 11 is 0. The Morgan fingerprint density at radius 1 is 1.11 bits per heavy atom. The molecule has 28 heavy (non-hydrogen) atoms. The molecule has 2 rings (SSSR count). The fraction of sp³-hybridized carbons (Fsp3) is 0.318. The summed E-state index contributed by atoms with van der Waals surface area (Å²) in [6.07, 6.45) is 4.25. The molecule has 5 nitrogen and oxygen atoms in total. The number of benzene rings is 2. The predicted octanol–water partition coefficient (Wildman–Crippen LogP) is 5.58. The quantitative estimate of drug-likeness (QED) is 0.240. The molecular weight excluding hydrogens is 370 g/mol. The van der Waals surface area contributed by atoms with Gasteiger partial charge in [0.2, 0.25) is 0 Å².